The van der Waals surface area contributed by atoms with Crippen LogP contribution in [0, 0.1) is 6.92 Å². The molecule has 0 aliphatic rings. The van der Waals surface area contributed by atoms with E-state index in [1.165, 1.54) is 16.9 Å². The Labute approximate surface area is 170 Å². The normalized spacial score (nSPS) is 12.5. The fraction of sp³-hybridized carbons (Fsp3) is 0.318. The maximum atomic E-state index is 12.9. The Morgan fingerprint density at radius 3 is 2.52 bits per heavy atom. The summed E-state index contributed by atoms with van der Waals surface area (Å²) in [6.45, 7) is 8.73. The van der Waals surface area contributed by atoms with Gasteiger partial charge in [0.15, 0.2) is 0 Å². The van der Waals surface area contributed by atoms with Gasteiger partial charge in [0, 0.05) is 16.6 Å². The molecule has 0 saturated carbocycles. The van der Waals surface area contributed by atoms with Crippen LogP contribution in [0.1, 0.15) is 40.7 Å². The van der Waals surface area contributed by atoms with Crippen molar-refractivity contribution >= 4 is 38.9 Å². The van der Waals surface area contributed by atoms with Crippen molar-refractivity contribution < 1.29 is 4.79 Å². The van der Waals surface area contributed by atoms with Crippen molar-refractivity contribution in [2.45, 2.75) is 26.8 Å². The fourth-order valence-corrected chi connectivity index (χ4v) is 4.92. The number of nitrogens with one attached hydrogen (secondary N) is 1. The van der Waals surface area contributed by atoms with Crippen molar-refractivity contribution in [1.29, 1.82) is 0 Å². The first-order chi connectivity index (χ1) is 13.0. The van der Waals surface area contributed by atoms with Crippen LogP contribution in [0.3, 0.4) is 0 Å². The van der Waals surface area contributed by atoms with Gasteiger partial charge in [0.25, 0.3) is 5.91 Å². The van der Waals surface area contributed by atoms with Crippen molar-refractivity contribution in [3.63, 3.8) is 0 Å². The summed E-state index contributed by atoms with van der Waals surface area (Å²) < 4.78 is 1.05. The molecule has 27 heavy (non-hydrogen) atoms. The summed E-state index contributed by atoms with van der Waals surface area (Å²) in [6.07, 6.45) is 0. The third-order valence-corrected chi connectivity index (χ3v) is 6.54. The minimum absolute atomic E-state index is 0.105. The number of carbonyl (C=O) groups excluding carboxylic acids is 1. The summed E-state index contributed by atoms with van der Waals surface area (Å²) in [5, 5.41) is 4.60. The average molecular weight is 401 g/mol. The Kier molecular flexibility index (Phi) is 6.53. The van der Waals surface area contributed by atoms with E-state index in [-0.39, 0.29) is 11.9 Å². The molecule has 0 unspecified atom stereocenters. The van der Waals surface area contributed by atoms with Crippen molar-refractivity contribution in [3.8, 4) is 0 Å². The van der Waals surface area contributed by atoms with Gasteiger partial charge in [0.2, 0.25) is 0 Å². The molecule has 0 saturated heterocycles. The van der Waals surface area contributed by atoms with Crippen LogP contribution < -0.4 is 5.32 Å². The lowest BCUT2D eigenvalue weighted by Crippen LogP contribution is -2.38. The van der Waals surface area contributed by atoms with Gasteiger partial charge in [-0.2, -0.15) is 0 Å². The predicted molar refractivity (Wildman–Crippen MR) is 116 cm³/mol. The number of halogens is 1. The number of hydrogen-bond acceptors (Lipinski definition) is 3. The van der Waals surface area contributed by atoms with Gasteiger partial charge < -0.3 is 5.32 Å². The molecule has 0 aliphatic heterocycles. The molecule has 0 bridgehead atoms. The summed E-state index contributed by atoms with van der Waals surface area (Å²) in [4.78, 5) is 15.8. The zero-order chi connectivity index (χ0) is 19.4. The second-order valence-electron chi connectivity index (χ2n) is 6.60. The first kappa shape index (κ1) is 19.9. The van der Waals surface area contributed by atoms with Crippen LogP contribution in [-0.4, -0.2) is 30.4 Å². The number of rotatable bonds is 7. The van der Waals surface area contributed by atoms with Crippen LogP contribution in [0.15, 0.2) is 48.5 Å². The molecule has 1 N–H and O–H groups in total. The molecule has 0 aliphatic carbocycles. The van der Waals surface area contributed by atoms with Gasteiger partial charge in [0.05, 0.1) is 11.1 Å². The number of benzene rings is 2. The summed E-state index contributed by atoms with van der Waals surface area (Å²) in [7, 11) is 0. The van der Waals surface area contributed by atoms with Crippen molar-refractivity contribution in [2.24, 2.45) is 0 Å². The molecule has 1 atom stereocenters. The zero-order valence-corrected chi connectivity index (χ0v) is 17.5. The first-order valence-corrected chi connectivity index (χ1v) is 10.5. The molecule has 3 aromatic rings. The lowest BCUT2D eigenvalue weighted by Gasteiger charge is -2.30. The topological polar surface area (TPSA) is 32.3 Å². The SMILES string of the molecule is CCN(CC)[C@@H](CNC(=O)c1sc2cc(C)ccc2c1Cl)c1ccccc1. The van der Waals surface area contributed by atoms with Gasteiger partial charge >= 0.3 is 0 Å². The number of fused-ring (bicyclic) bond motifs is 1. The van der Waals surface area contributed by atoms with E-state index >= 15 is 0 Å². The lowest BCUT2D eigenvalue weighted by molar-refractivity contribution is 0.0939. The number of likely N-dealkylation sites (N-methyl/N-ethyl adjacent to an activating group) is 1. The second kappa shape index (κ2) is 8.87. The van der Waals surface area contributed by atoms with E-state index in [0.717, 1.165) is 28.7 Å². The van der Waals surface area contributed by atoms with E-state index in [0.29, 0.717) is 16.4 Å². The van der Waals surface area contributed by atoms with E-state index in [2.05, 4.69) is 42.3 Å². The molecule has 1 heterocycles. The van der Waals surface area contributed by atoms with Crippen molar-refractivity contribution in [3.05, 3.63) is 69.6 Å². The number of carbonyl (C=O) groups is 1. The van der Waals surface area contributed by atoms with Crippen LogP contribution in [0.25, 0.3) is 10.1 Å². The van der Waals surface area contributed by atoms with Gasteiger partial charge in [-0.25, -0.2) is 0 Å². The van der Waals surface area contributed by atoms with Gasteiger partial charge in [-0.1, -0.05) is 67.9 Å². The summed E-state index contributed by atoms with van der Waals surface area (Å²) in [5.41, 5.74) is 2.37. The molecular formula is C22H25ClN2OS. The highest BCUT2D eigenvalue weighted by Gasteiger charge is 2.21. The standard InChI is InChI=1S/C22H25ClN2OS/c1-4-25(5-2)18(16-9-7-6-8-10-16)14-24-22(26)21-20(23)17-12-11-15(3)13-19(17)27-21/h6-13,18H,4-5,14H2,1-3H3,(H,24,26)/t18-/m0/s1. The van der Waals surface area contributed by atoms with Gasteiger partial charge in [-0.15, -0.1) is 11.3 Å². The van der Waals surface area contributed by atoms with Gasteiger partial charge in [-0.05, 0) is 37.2 Å². The number of thiophene rings is 1. The highest BCUT2D eigenvalue weighted by molar-refractivity contribution is 7.21. The molecule has 1 aromatic heterocycles. The molecule has 3 nitrogen and oxygen atoms in total. The van der Waals surface area contributed by atoms with Crippen LogP contribution in [0.2, 0.25) is 5.02 Å². The molecule has 0 fully saturated rings. The third kappa shape index (κ3) is 4.34. The van der Waals surface area contributed by atoms with Gasteiger partial charge in [0.1, 0.15) is 4.88 Å². The molecule has 0 radical (unpaired) electrons. The van der Waals surface area contributed by atoms with E-state index in [9.17, 15) is 4.79 Å². The monoisotopic (exact) mass is 400 g/mol. The quantitative estimate of drug-likeness (QED) is 0.553. The maximum Gasteiger partial charge on any atom is 0.262 e. The highest BCUT2D eigenvalue weighted by Crippen LogP contribution is 2.35. The zero-order valence-electron chi connectivity index (χ0n) is 16.0. The second-order valence-corrected chi connectivity index (χ2v) is 8.03. The van der Waals surface area contributed by atoms with Gasteiger partial charge in [-0.3, -0.25) is 9.69 Å². The Morgan fingerprint density at radius 1 is 1.15 bits per heavy atom. The van der Waals surface area contributed by atoms with E-state index < -0.39 is 0 Å². The smallest absolute Gasteiger partial charge is 0.262 e. The molecule has 2 aromatic carbocycles. The molecule has 3 rings (SSSR count). The van der Waals surface area contributed by atoms with Crippen LogP contribution in [0.5, 0.6) is 0 Å². The first-order valence-electron chi connectivity index (χ1n) is 9.31. The largest absolute Gasteiger partial charge is 0.349 e. The summed E-state index contributed by atoms with van der Waals surface area (Å²) >= 11 is 7.95. The number of aryl methyl sites for hydroxylation is 1. The summed E-state index contributed by atoms with van der Waals surface area (Å²) in [5.74, 6) is -0.105. The van der Waals surface area contributed by atoms with E-state index in [4.69, 9.17) is 11.6 Å². The van der Waals surface area contributed by atoms with Crippen LogP contribution >= 0.6 is 22.9 Å². The van der Waals surface area contributed by atoms with Crippen molar-refractivity contribution in [2.75, 3.05) is 19.6 Å². The minimum atomic E-state index is -0.105. The molecule has 142 valence electrons. The average Bonchev–Trinajstić information content (AvgIpc) is 3.01. The number of hydrogen-bond donors (Lipinski definition) is 1. The molecule has 0 spiro atoms. The third-order valence-electron chi connectivity index (χ3n) is 4.88. The highest BCUT2D eigenvalue weighted by atomic mass is 35.5. The number of nitrogens with zero attached hydrogens (tertiary/aromatic N) is 1. The Morgan fingerprint density at radius 2 is 1.85 bits per heavy atom. The molecule has 5 heteroatoms. The Balaban J connectivity index is 1.81. The van der Waals surface area contributed by atoms with Crippen LogP contribution in [-0.2, 0) is 0 Å². The number of amides is 1. The van der Waals surface area contributed by atoms with E-state index in [1.807, 2.05) is 37.3 Å². The molecular weight excluding hydrogens is 376 g/mol. The minimum Gasteiger partial charge on any atom is -0.349 e. The predicted octanol–water partition coefficient (Wildman–Crippen LogP) is 5.68. The lowest BCUT2D eigenvalue weighted by atomic mass is 10.1. The molecule has 1 amide bonds. The Hall–Kier alpha value is -1.88. The van der Waals surface area contributed by atoms with Crippen LogP contribution in [0.4, 0.5) is 0 Å². The van der Waals surface area contributed by atoms with Crippen molar-refractivity contribution in [1.82, 2.24) is 10.2 Å². The van der Waals surface area contributed by atoms with E-state index in [1.54, 1.807) is 0 Å². The Bertz CT molecular complexity index is 919. The summed E-state index contributed by atoms with van der Waals surface area (Å²) in [6, 6.07) is 16.6. The maximum absolute atomic E-state index is 12.9. The fourth-order valence-electron chi connectivity index (χ4n) is 3.39.